The van der Waals surface area contributed by atoms with Gasteiger partial charge >= 0.3 is 0 Å². The second kappa shape index (κ2) is 7.51. The number of ether oxygens (including phenoxy) is 1. The molecule has 2 heterocycles. The van der Waals surface area contributed by atoms with E-state index in [0.29, 0.717) is 23.2 Å². The molecule has 122 valence electrons. The van der Waals surface area contributed by atoms with Crippen LogP contribution in [0.1, 0.15) is 26.1 Å². The smallest absolute Gasteiger partial charge is 0.195 e. The van der Waals surface area contributed by atoms with Crippen molar-refractivity contribution in [3.8, 4) is 5.75 Å². The van der Waals surface area contributed by atoms with Gasteiger partial charge in [0.15, 0.2) is 5.78 Å². The van der Waals surface area contributed by atoms with Crippen LogP contribution in [0.2, 0.25) is 5.02 Å². The van der Waals surface area contributed by atoms with E-state index in [9.17, 15) is 4.79 Å². The molecule has 0 saturated heterocycles. The van der Waals surface area contributed by atoms with E-state index in [1.165, 1.54) is 17.4 Å². The third kappa shape index (κ3) is 4.37. The normalized spacial score (nSPS) is 11.1. The van der Waals surface area contributed by atoms with Crippen molar-refractivity contribution in [2.75, 3.05) is 0 Å². The molecule has 2 aromatic heterocycles. The number of aryl methyl sites for hydroxylation is 1. The molecule has 0 atom stereocenters. The summed E-state index contributed by atoms with van der Waals surface area (Å²) in [5, 5.41) is 0.665. The number of thiophene rings is 1. The number of carbonyl (C=O) groups excluding carboxylic acids is 1. The van der Waals surface area contributed by atoms with Crippen LogP contribution in [0.15, 0.2) is 59.0 Å². The van der Waals surface area contributed by atoms with Gasteiger partial charge in [0.1, 0.15) is 23.9 Å². The van der Waals surface area contributed by atoms with Crippen LogP contribution in [0.25, 0.3) is 6.08 Å². The standard InChI is InChI=1S/C19H15ClO3S/c1-13-2-11-19(24-13)18(21)10-9-16-7-8-17(23-16)12-22-15-5-3-14(20)4-6-15/h2-11H,12H2,1H3/b10-9+. The van der Waals surface area contributed by atoms with Gasteiger partial charge in [0, 0.05) is 9.90 Å². The average molecular weight is 359 g/mol. The van der Waals surface area contributed by atoms with Crippen molar-refractivity contribution in [3.05, 3.63) is 80.9 Å². The van der Waals surface area contributed by atoms with Gasteiger partial charge in [-0.1, -0.05) is 11.6 Å². The summed E-state index contributed by atoms with van der Waals surface area (Å²) < 4.78 is 11.3. The Balaban J connectivity index is 1.58. The van der Waals surface area contributed by atoms with Gasteiger partial charge in [-0.25, -0.2) is 0 Å². The Morgan fingerprint density at radius 3 is 2.67 bits per heavy atom. The quantitative estimate of drug-likeness (QED) is 0.414. The summed E-state index contributed by atoms with van der Waals surface area (Å²) in [6.45, 7) is 2.29. The average Bonchev–Trinajstić information content (AvgIpc) is 3.21. The molecule has 1 aromatic carbocycles. The van der Waals surface area contributed by atoms with Gasteiger partial charge in [0.2, 0.25) is 0 Å². The molecule has 0 N–H and O–H groups in total. The van der Waals surface area contributed by atoms with Gasteiger partial charge in [-0.05, 0) is 67.6 Å². The zero-order valence-corrected chi connectivity index (χ0v) is 14.6. The molecular weight excluding hydrogens is 344 g/mol. The molecule has 3 nitrogen and oxygen atoms in total. The van der Waals surface area contributed by atoms with E-state index in [1.54, 1.807) is 30.3 Å². The van der Waals surface area contributed by atoms with E-state index >= 15 is 0 Å². The van der Waals surface area contributed by atoms with Crippen molar-refractivity contribution in [3.63, 3.8) is 0 Å². The zero-order valence-electron chi connectivity index (χ0n) is 13.0. The second-order valence-electron chi connectivity index (χ2n) is 5.15. The van der Waals surface area contributed by atoms with Crippen LogP contribution in [0.3, 0.4) is 0 Å². The maximum atomic E-state index is 12.0. The number of ketones is 1. The summed E-state index contributed by atoms with van der Waals surface area (Å²) >= 11 is 7.31. The number of furan rings is 1. The summed E-state index contributed by atoms with van der Waals surface area (Å²) in [5.74, 6) is 2.00. The predicted molar refractivity (Wildman–Crippen MR) is 96.9 cm³/mol. The Morgan fingerprint density at radius 2 is 1.96 bits per heavy atom. The molecule has 0 amide bonds. The Hall–Kier alpha value is -2.30. The minimum atomic E-state index is -0.0246. The van der Waals surface area contributed by atoms with Crippen LogP contribution in [0, 0.1) is 6.92 Å². The van der Waals surface area contributed by atoms with Gasteiger partial charge < -0.3 is 9.15 Å². The lowest BCUT2D eigenvalue weighted by molar-refractivity contribution is 0.105. The fourth-order valence-corrected chi connectivity index (χ4v) is 2.97. The first-order chi connectivity index (χ1) is 11.6. The molecule has 0 unspecified atom stereocenters. The number of rotatable bonds is 6. The first-order valence-electron chi connectivity index (χ1n) is 7.36. The second-order valence-corrected chi connectivity index (χ2v) is 6.88. The molecule has 0 spiro atoms. The Bertz CT molecular complexity index is 859. The van der Waals surface area contributed by atoms with E-state index in [-0.39, 0.29) is 5.78 Å². The molecule has 0 aliphatic carbocycles. The fraction of sp³-hybridized carbons (Fsp3) is 0.105. The summed E-state index contributed by atoms with van der Waals surface area (Å²) in [5.41, 5.74) is 0. The molecule has 24 heavy (non-hydrogen) atoms. The van der Waals surface area contributed by atoms with Gasteiger partial charge in [0.25, 0.3) is 0 Å². The minimum absolute atomic E-state index is 0.0246. The largest absolute Gasteiger partial charge is 0.486 e. The Morgan fingerprint density at radius 1 is 1.17 bits per heavy atom. The predicted octanol–water partition coefficient (Wildman–Crippen LogP) is 5.78. The van der Waals surface area contributed by atoms with Crippen LogP contribution in [0.4, 0.5) is 0 Å². The number of halogens is 1. The van der Waals surface area contributed by atoms with Crippen LogP contribution in [-0.2, 0) is 6.61 Å². The number of hydrogen-bond acceptors (Lipinski definition) is 4. The SMILES string of the molecule is Cc1ccc(C(=O)/C=C/c2ccc(COc3ccc(Cl)cc3)o2)s1. The highest BCUT2D eigenvalue weighted by atomic mass is 35.5. The van der Waals surface area contributed by atoms with Crippen molar-refractivity contribution >= 4 is 34.8 Å². The van der Waals surface area contributed by atoms with Crippen LogP contribution in [0.5, 0.6) is 5.75 Å². The number of allylic oxidation sites excluding steroid dienone is 1. The number of benzene rings is 1. The van der Waals surface area contributed by atoms with Gasteiger partial charge in [-0.15, -0.1) is 11.3 Å². The maximum absolute atomic E-state index is 12.0. The highest BCUT2D eigenvalue weighted by Crippen LogP contribution is 2.19. The first kappa shape index (κ1) is 16.6. The first-order valence-corrected chi connectivity index (χ1v) is 8.55. The Labute approximate surface area is 149 Å². The van der Waals surface area contributed by atoms with Crippen molar-refractivity contribution in [2.24, 2.45) is 0 Å². The Kier molecular flexibility index (Phi) is 5.18. The maximum Gasteiger partial charge on any atom is 0.195 e. The van der Waals surface area contributed by atoms with E-state index in [4.69, 9.17) is 20.8 Å². The summed E-state index contributed by atoms with van der Waals surface area (Å²) in [7, 11) is 0. The molecular formula is C19H15ClO3S. The van der Waals surface area contributed by atoms with Gasteiger partial charge in [-0.2, -0.15) is 0 Å². The van der Waals surface area contributed by atoms with Crippen molar-refractivity contribution in [1.82, 2.24) is 0 Å². The van der Waals surface area contributed by atoms with E-state index < -0.39 is 0 Å². The lowest BCUT2D eigenvalue weighted by Crippen LogP contribution is -1.93. The highest BCUT2D eigenvalue weighted by Gasteiger charge is 2.05. The van der Waals surface area contributed by atoms with Crippen LogP contribution < -0.4 is 4.74 Å². The number of hydrogen-bond donors (Lipinski definition) is 0. The lowest BCUT2D eigenvalue weighted by Gasteiger charge is -2.03. The van der Waals surface area contributed by atoms with Crippen molar-refractivity contribution in [1.29, 1.82) is 0 Å². The third-order valence-electron chi connectivity index (χ3n) is 3.26. The molecule has 0 saturated carbocycles. The van der Waals surface area contributed by atoms with Gasteiger partial charge in [0.05, 0.1) is 4.88 Å². The molecule has 5 heteroatoms. The van der Waals surface area contributed by atoms with E-state index in [0.717, 1.165) is 15.5 Å². The highest BCUT2D eigenvalue weighted by molar-refractivity contribution is 7.14. The fourth-order valence-electron chi connectivity index (χ4n) is 2.05. The van der Waals surface area contributed by atoms with Crippen molar-refractivity contribution < 1.29 is 13.9 Å². The molecule has 0 bridgehead atoms. The molecule has 3 aromatic rings. The summed E-state index contributed by atoms with van der Waals surface area (Å²) in [6, 6.07) is 14.5. The van der Waals surface area contributed by atoms with Crippen LogP contribution >= 0.6 is 22.9 Å². The van der Waals surface area contributed by atoms with Crippen molar-refractivity contribution in [2.45, 2.75) is 13.5 Å². The summed E-state index contributed by atoms with van der Waals surface area (Å²) in [6.07, 6.45) is 3.19. The summed E-state index contributed by atoms with van der Waals surface area (Å²) in [4.78, 5) is 13.9. The minimum Gasteiger partial charge on any atom is -0.486 e. The molecule has 0 fully saturated rings. The molecule has 0 aliphatic heterocycles. The molecule has 0 aliphatic rings. The number of carbonyl (C=O) groups is 1. The van der Waals surface area contributed by atoms with Crippen LogP contribution in [-0.4, -0.2) is 5.78 Å². The van der Waals surface area contributed by atoms with Gasteiger partial charge in [-0.3, -0.25) is 4.79 Å². The molecule has 0 radical (unpaired) electrons. The van der Waals surface area contributed by atoms with E-state index in [1.807, 2.05) is 31.2 Å². The monoisotopic (exact) mass is 358 g/mol. The third-order valence-corrected chi connectivity index (χ3v) is 4.53. The molecule has 3 rings (SSSR count). The lowest BCUT2D eigenvalue weighted by atomic mass is 10.3. The topological polar surface area (TPSA) is 39.4 Å². The zero-order chi connectivity index (χ0) is 16.9. The van der Waals surface area contributed by atoms with E-state index in [2.05, 4.69) is 0 Å².